The van der Waals surface area contributed by atoms with Crippen molar-refractivity contribution in [1.82, 2.24) is 0 Å². The molecule has 20 heavy (non-hydrogen) atoms. The molecule has 0 radical (unpaired) electrons. The van der Waals surface area contributed by atoms with Crippen molar-refractivity contribution in [3.63, 3.8) is 0 Å². The van der Waals surface area contributed by atoms with Crippen molar-refractivity contribution < 1.29 is 19.5 Å². The van der Waals surface area contributed by atoms with Crippen molar-refractivity contribution in [2.45, 2.75) is 38.9 Å². The van der Waals surface area contributed by atoms with E-state index < -0.39 is 18.3 Å². The summed E-state index contributed by atoms with van der Waals surface area (Å²) in [4.78, 5) is 0. The van der Waals surface area contributed by atoms with Crippen molar-refractivity contribution >= 4 is 52.5 Å². The minimum atomic E-state index is -0.676. The molecule has 0 saturated carbocycles. The number of hydrogen-bond acceptors (Lipinski definition) is 4. The first kappa shape index (κ1) is 15.4. The highest BCUT2D eigenvalue weighted by Gasteiger charge is 2.53. The van der Waals surface area contributed by atoms with Crippen LogP contribution in [-0.4, -0.2) is 52.1 Å². The molecule has 0 spiro atoms. The normalized spacial score (nSPS) is 20.3. The van der Waals surface area contributed by atoms with Gasteiger partial charge in [0, 0.05) is 5.46 Å². The van der Waals surface area contributed by atoms with Gasteiger partial charge in [0.1, 0.15) is 29.3 Å². The van der Waals surface area contributed by atoms with Crippen molar-refractivity contribution in [2.24, 2.45) is 0 Å². The van der Waals surface area contributed by atoms with E-state index in [-0.39, 0.29) is 11.5 Å². The van der Waals surface area contributed by atoms with E-state index in [9.17, 15) is 10.2 Å². The van der Waals surface area contributed by atoms with Crippen LogP contribution in [0.25, 0.3) is 0 Å². The minimum absolute atomic E-state index is 0.0992. The van der Waals surface area contributed by atoms with Crippen LogP contribution in [0.5, 0.6) is 11.5 Å². The van der Waals surface area contributed by atoms with E-state index in [2.05, 4.69) is 0 Å². The standard InChI is InChI=1S/C12H20B4O4/c1-11(2)12(3,4)20-16(19-11)8-6(14)5(13)7(15)9(17)10(8)18/h17-18H,13-15H2,1-4H3. The summed E-state index contributed by atoms with van der Waals surface area (Å²) >= 11 is 0. The van der Waals surface area contributed by atoms with E-state index in [4.69, 9.17) is 9.31 Å². The van der Waals surface area contributed by atoms with Crippen LogP contribution >= 0.6 is 0 Å². The number of benzene rings is 1. The molecule has 1 aromatic carbocycles. The predicted molar refractivity (Wildman–Crippen MR) is 90.0 cm³/mol. The molecule has 0 aliphatic carbocycles. The molecular formula is C12H20B4O4. The van der Waals surface area contributed by atoms with Crippen molar-refractivity contribution in [1.29, 1.82) is 0 Å². The highest BCUT2D eigenvalue weighted by Crippen LogP contribution is 2.37. The lowest BCUT2D eigenvalue weighted by atomic mass is 9.62. The zero-order chi connectivity index (χ0) is 15.5. The highest BCUT2D eigenvalue weighted by molar-refractivity contribution is 6.73. The number of phenolic OH excluding ortho intramolecular Hbond substituents is 2. The van der Waals surface area contributed by atoms with Gasteiger partial charge < -0.3 is 19.5 Å². The molecule has 104 valence electrons. The van der Waals surface area contributed by atoms with Crippen LogP contribution in [0, 0.1) is 0 Å². The maximum Gasteiger partial charge on any atom is 0.498 e. The van der Waals surface area contributed by atoms with Gasteiger partial charge in [0.15, 0.2) is 5.75 Å². The molecule has 2 N–H and O–H groups in total. The van der Waals surface area contributed by atoms with Crippen molar-refractivity contribution in [3.8, 4) is 11.5 Å². The first-order chi connectivity index (χ1) is 8.99. The summed E-state index contributed by atoms with van der Waals surface area (Å²) in [7, 11) is 4.93. The first-order valence-corrected chi connectivity index (χ1v) is 6.87. The van der Waals surface area contributed by atoms with Gasteiger partial charge in [-0.25, -0.2) is 0 Å². The number of phenols is 2. The molecule has 1 fully saturated rings. The number of hydrogen-bond donors (Lipinski definition) is 2. The molecule has 1 aromatic rings. The maximum atomic E-state index is 10.3. The fraction of sp³-hybridized carbons (Fsp3) is 0.500. The second-order valence-corrected chi connectivity index (χ2v) is 6.57. The van der Waals surface area contributed by atoms with Gasteiger partial charge in [-0.05, 0) is 27.7 Å². The summed E-state index contributed by atoms with van der Waals surface area (Å²) in [5.41, 5.74) is 2.06. The lowest BCUT2D eigenvalue weighted by Gasteiger charge is -2.32. The van der Waals surface area contributed by atoms with E-state index >= 15 is 0 Å². The monoisotopic (exact) mass is 272 g/mol. The lowest BCUT2D eigenvalue weighted by molar-refractivity contribution is 0.00578. The fourth-order valence-electron chi connectivity index (χ4n) is 2.39. The van der Waals surface area contributed by atoms with Gasteiger partial charge in [-0.1, -0.05) is 16.4 Å². The number of rotatable bonds is 1. The van der Waals surface area contributed by atoms with Crippen LogP contribution in [0.2, 0.25) is 0 Å². The summed E-state index contributed by atoms with van der Waals surface area (Å²) in [5.74, 6) is -0.248. The lowest BCUT2D eigenvalue weighted by Crippen LogP contribution is -2.54. The van der Waals surface area contributed by atoms with E-state index in [0.29, 0.717) is 10.9 Å². The number of aromatic hydroxyl groups is 2. The third-order valence-corrected chi connectivity index (χ3v) is 4.85. The van der Waals surface area contributed by atoms with Crippen LogP contribution in [-0.2, 0) is 9.31 Å². The fourth-order valence-corrected chi connectivity index (χ4v) is 2.39. The molecule has 1 saturated heterocycles. The van der Waals surface area contributed by atoms with Gasteiger partial charge in [0.25, 0.3) is 0 Å². The van der Waals surface area contributed by atoms with Gasteiger partial charge in [-0.15, -0.1) is 0 Å². The predicted octanol–water partition coefficient (Wildman–Crippen LogP) is -3.83. The Labute approximate surface area is 123 Å². The molecule has 2 rings (SSSR count). The Morgan fingerprint density at radius 2 is 1.25 bits per heavy atom. The Kier molecular flexibility index (Phi) is 3.46. The molecule has 4 nitrogen and oxygen atoms in total. The van der Waals surface area contributed by atoms with Crippen molar-refractivity contribution in [2.75, 3.05) is 0 Å². The summed E-state index contributed by atoms with van der Waals surface area (Å²) in [6.07, 6.45) is 0. The first-order valence-electron chi connectivity index (χ1n) is 6.87. The average molecular weight is 272 g/mol. The molecule has 1 aliphatic rings. The third-order valence-electron chi connectivity index (χ3n) is 4.85. The highest BCUT2D eigenvalue weighted by atomic mass is 16.7. The largest absolute Gasteiger partial charge is 0.505 e. The quantitative estimate of drug-likeness (QED) is 0.406. The Morgan fingerprint density at radius 1 is 0.800 bits per heavy atom. The zero-order valence-corrected chi connectivity index (χ0v) is 13.3. The molecule has 0 aromatic heterocycles. The average Bonchev–Trinajstić information content (AvgIpc) is 2.53. The van der Waals surface area contributed by atoms with E-state index in [1.54, 1.807) is 7.85 Å². The van der Waals surface area contributed by atoms with Gasteiger partial charge >= 0.3 is 7.12 Å². The van der Waals surface area contributed by atoms with E-state index in [1.165, 1.54) is 0 Å². The molecule has 0 amide bonds. The second-order valence-electron chi connectivity index (χ2n) is 6.57. The molecule has 0 unspecified atom stereocenters. The van der Waals surface area contributed by atoms with Gasteiger partial charge in [0.2, 0.25) is 0 Å². The Morgan fingerprint density at radius 3 is 1.70 bits per heavy atom. The Hall–Kier alpha value is -1.00. The van der Waals surface area contributed by atoms with Crippen LogP contribution in [0.3, 0.4) is 0 Å². The zero-order valence-electron chi connectivity index (χ0n) is 13.3. The van der Waals surface area contributed by atoms with Crippen LogP contribution < -0.4 is 21.9 Å². The molecule has 0 atom stereocenters. The van der Waals surface area contributed by atoms with E-state index in [1.807, 2.05) is 43.4 Å². The molecule has 1 heterocycles. The smallest absolute Gasteiger partial charge is 0.498 e. The third kappa shape index (κ3) is 2.06. The molecular weight excluding hydrogens is 251 g/mol. The second kappa shape index (κ2) is 4.50. The molecule has 8 heteroatoms. The summed E-state index contributed by atoms with van der Waals surface area (Å²) < 4.78 is 11.9. The Bertz CT molecular complexity index is 526. The maximum absolute atomic E-state index is 10.3. The van der Waals surface area contributed by atoms with Crippen molar-refractivity contribution in [3.05, 3.63) is 0 Å². The topological polar surface area (TPSA) is 58.9 Å². The summed E-state index contributed by atoms with van der Waals surface area (Å²) in [6, 6.07) is 0. The minimum Gasteiger partial charge on any atom is -0.505 e. The summed E-state index contributed by atoms with van der Waals surface area (Å²) in [6.45, 7) is 7.83. The van der Waals surface area contributed by atoms with E-state index in [0.717, 1.165) is 10.9 Å². The van der Waals surface area contributed by atoms with Crippen LogP contribution in [0.4, 0.5) is 0 Å². The van der Waals surface area contributed by atoms with Crippen LogP contribution in [0.1, 0.15) is 27.7 Å². The van der Waals surface area contributed by atoms with Gasteiger partial charge in [-0.3, -0.25) is 0 Å². The van der Waals surface area contributed by atoms with Crippen LogP contribution in [0.15, 0.2) is 0 Å². The van der Waals surface area contributed by atoms with Gasteiger partial charge in [-0.2, -0.15) is 0 Å². The molecule has 0 bridgehead atoms. The molecule has 1 aliphatic heterocycles. The summed E-state index contributed by atoms with van der Waals surface area (Å²) in [5, 5.41) is 20.3. The van der Waals surface area contributed by atoms with Gasteiger partial charge in [0.05, 0.1) is 11.2 Å². The Balaban J connectivity index is 2.57. The SMILES string of the molecule is Bc1c(B)c(O)c(O)c(B2OC(C)(C)C(C)(C)O2)c1B.